The van der Waals surface area contributed by atoms with Crippen LogP contribution in [0.25, 0.3) is 6.08 Å². The summed E-state index contributed by atoms with van der Waals surface area (Å²) < 4.78 is 28.7. The van der Waals surface area contributed by atoms with E-state index < -0.39 is 5.97 Å². The van der Waals surface area contributed by atoms with Gasteiger partial charge in [-0.2, -0.15) is 0 Å². The number of ether oxygens (including phenoxy) is 3. The first-order valence-electron chi connectivity index (χ1n) is 7.12. The van der Waals surface area contributed by atoms with Crippen molar-refractivity contribution in [1.82, 2.24) is 0 Å². The van der Waals surface area contributed by atoms with Gasteiger partial charge in [0.25, 0.3) is 0 Å². The van der Waals surface area contributed by atoms with E-state index in [-0.39, 0.29) is 17.4 Å². The summed E-state index contributed by atoms with van der Waals surface area (Å²) in [5.74, 6) is 0.208. The van der Waals surface area contributed by atoms with Gasteiger partial charge in [-0.3, -0.25) is 0 Å². The maximum absolute atomic E-state index is 13.0. The smallest absolute Gasteiger partial charge is 0.363 e. The van der Waals surface area contributed by atoms with Gasteiger partial charge < -0.3 is 14.2 Å². The molecule has 0 fully saturated rings. The third-order valence-electron chi connectivity index (χ3n) is 3.44. The van der Waals surface area contributed by atoms with Crippen molar-refractivity contribution < 1.29 is 23.4 Å². The van der Waals surface area contributed by atoms with E-state index in [9.17, 15) is 9.18 Å². The van der Waals surface area contributed by atoms with Crippen LogP contribution in [0.4, 0.5) is 4.39 Å². The first kappa shape index (κ1) is 15.7. The van der Waals surface area contributed by atoms with Crippen molar-refractivity contribution in [3.05, 3.63) is 65.1 Å². The molecule has 3 rings (SSSR count). The molecule has 1 aliphatic heterocycles. The number of carbonyl (C=O) groups is 1. The van der Waals surface area contributed by atoms with Crippen LogP contribution in [0.2, 0.25) is 0 Å². The highest BCUT2D eigenvalue weighted by Gasteiger charge is 2.24. The monoisotopic (exact) mass is 327 g/mol. The van der Waals surface area contributed by atoms with Crippen LogP contribution in [0.15, 0.2) is 53.2 Å². The molecule has 1 aliphatic rings. The van der Waals surface area contributed by atoms with Crippen LogP contribution in [0.3, 0.4) is 0 Å². The molecular weight excluding hydrogens is 313 g/mol. The molecule has 5 nitrogen and oxygen atoms in total. The number of rotatable bonds is 4. The van der Waals surface area contributed by atoms with Gasteiger partial charge in [-0.25, -0.2) is 14.2 Å². The predicted octanol–water partition coefficient (Wildman–Crippen LogP) is 3.19. The maximum Gasteiger partial charge on any atom is 0.363 e. The van der Waals surface area contributed by atoms with E-state index in [1.165, 1.54) is 38.5 Å². The summed E-state index contributed by atoms with van der Waals surface area (Å²) in [6, 6.07) is 10.8. The average molecular weight is 327 g/mol. The first-order chi connectivity index (χ1) is 11.6. The number of methoxy groups -OCH3 is 2. The summed E-state index contributed by atoms with van der Waals surface area (Å²) in [4.78, 5) is 16.2. The predicted molar refractivity (Wildman–Crippen MR) is 86.6 cm³/mol. The number of nitrogens with zero attached hydrogens (tertiary/aromatic N) is 1. The topological polar surface area (TPSA) is 57.1 Å². The number of hydrogen-bond acceptors (Lipinski definition) is 5. The fourth-order valence-electron chi connectivity index (χ4n) is 2.30. The Labute approximate surface area is 138 Å². The molecule has 0 N–H and O–H groups in total. The van der Waals surface area contributed by atoms with Gasteiger partial charge >= 0.3 is 5.97 Å². The largest absolute Gasteiger partial charge is 0.493 e. The minimum absolute atomic E-state index is 0.126. The van der Waals surface area contributed by atoms with Crippen molar-refractivity contribution in [1.29, 1.82) is 0 Å². The van der Waals surface area contributed by atoms with E-state index in [4.69, 9.17) is 14.2 Å². The fourth-order valence-corrected chi connectivity index (χ4v) is 2.30. The van der Waals surface area contributed by atoms with Crippen LogP contribution in [-0.4, -0.2) is 26.1 Å². The molecule has 6 heteroatoms. The Morgan fingerprint density at radius 2 is 1.83 bits per heavy atom. The Bertz CT molecular complexity index is 841. The van der Waals surface area contributed by atoms with E-state index in [2.05, 4.69) is 4.99 Å². The van der Waals surface area contributed by atoms with Crippen LogP contribution in [0, 0.1) is 5.82 Å². The molecule has 2 aromatic carbocycles. The fraction of sp³-hybridized carbons (Fsp3) is 0.111. The minimum Gasteiger partial charge on any atom is -0.493 e. The third kappa shape index (κ3) is 2.99. The highest BCUT2D eigenvalue weighted by molar-refractivity contribution is 6.12. The highest BCUT2D eigenvalue weighted by atomic mass is 19.1. The van der Waals surface area contributed by atoms with Crippen LogP contribution < -0.4 is 9.47 Å². The van der Waals surface area contributed by atoms with E-state index in [1.807, 2.05) is 0 Å². The Hall–Kier alpha value is -3.15. The molecule has 0 saturated carbocycles. The van der Waals surface area contributed by atoms with Crippen LogP contribution in [0.5, 0.6) is 11.5 Å². The second-order valence-corrected chi connectivity index (χ2v) is 4.93. The Kier molecular flexibility index (Phi) is 4.29. The summed E-state index contributed by atoms with van der Waals surface area (Å²) in [6.07, 6.45) is 1.56. The Morgan fingerprint density at radius 3 is 2.50 bits per heavy atom. The van der Waals surface area contributed by atoms with Crippen molar-refractivity contribution in [2.45, 2.75) is 0 Å². The zero-order valence-corrected chi connectivity index (χ0v) is 13.1. The van der Waals surface area contributed by atoms with Crippen LogP contribution >= 0.6 is 0 Å². The second-order valence-electron chi connectivity index (χ2n) is 4.93. The van der Waals surface area contributed by atoms with E-state index in [1.54, 1.807) is 24.3 Å². The van der Waals surface area contributed by atoms with E-state index >= 15 is 0 Å². The lowest BCUT2D eigenvalue weighted by Crippen LogP contribution is -2.05. The lowest BCUT2D eigenvalue weighted by Gasteiger charge is -2.09. The summed E-state index contributed by atoms with van der Waals surface area (Å²) >= 11 is 0. The number of esters is 1. The van der Waals surface area contributed by atoms with Gasteiger partial charge in [-0.05, 0) is 36.4 Å². The molecule has 2 aromatic rings. The van der Waals surface area contributed by atoms with Crippen molar-refractivity contribution >= 4 is 17.9 Å². The molecule has 0 aromatic heterocycles. The molecule has 0 saturated heterocycles. The molecule has 0 aliphatic carbocycles. The SMILES string of the molecule is COc1cccc(C=C2N=C(c3ccc(F)cc3)OC2=O)c1OC. The van der Waals surface area contributed by atoms with Crippen molar-refractivity contribution in [2.24, 2.45) is 4.99 Å². The third-order valence-corrected chi connectivity index (χ3v) is 3.44. The number of benzene rings is 2. The van der Waals surface area contributed by atoms with Gasteiger partial charge in [0.1, 0.15) is 5.82 Å². The van der Waals surface area contributed by atoms with Crippen molar-refractivity contribution in [3.8, 4) is 11.5 Å². The molecule has 0 bridgehead atoms. The maximum atomic E-state index is 13.0. The van der Waals surface area contributed by atoms with Crippen LogP contribution in [0.1, 0.15) is 11.1 Å². The molecule has 1 heterocycles. The quantitative estimate of drug-likeness (QED) is 0.639. The summed E-state index contributed by atoms with van der Waals surface area (Å²) in [5, 5.41) is 0. The Balaban J connectivity index is 1.99. The van der Waals surface area contributed by atoms with Gasteiger partial charge in [0.05, 0.1) is 14.2 Å². The summed E-state index contributed by atoms with van der Waals surface area (Å²) in [6.45, 7) is 0. The molecule has 24 heavy (non-hydrogen) atoms. The zero-order chi connectivity index (χ0) is 17.1. The average Bonchev–Trinajstić information content (AvgIpc) is 2.96. The van der Waals surface area contributed by atoms with Gasteiger partial charge in [0.2, 0.25) is 5.90 Å². The molecule has 0 atom stereocenters. The van der Waals surface area contributed by atoms with E-state index in [0.29, 0.717) is 22.6 Å². The van der Waals surface area contributed by atoms with Gasteiger partial charge in [0.15, 0.2) is 17.2 Å². The lowest BCUT2D eigenvalue weighted by molar-refractivity contribution is -0.129. The number of halogens is 1. The number of cyclic esters (lactones) is 1. The molecule has 0 radical (unpaired) electrons. The molecule has 0 unspecified atom stereocenters. The number of aliphatic imine (C=N–C) groups is 1. The van der Waals surface area contributed by atoms with Gasteiger partial charge in [-0.1, -0.05) is 12.1 Å². The lowest BCUT2D eigenvalue weighted by atomic mass is 10.1. The molecule has 122 valence electrons. The van der Waals surface area contributed by atoms with Gasteiger partial charge in [0, 0.05) is 11.1 Å². The van der Waals surface area contributed by atoms with Gasteiger partial charge in [-0.15, -0.1) is 0 Å². The second kappa shape index (κ2) is 6.54. The summed E-state index contributed by atoms with van der Waals surface area (Å²) in [5.41, 5.74) is 1.28. The Morgan fingerprint density at radius 1 is 1.08 bits per heavy atom. The van der Waals surface area contributed by atoms with Crippen LogP contribution in [-0.2, 0) is 9.53 Å². The van der Waals surface area contributed by atoms with E-state index in [0.717, 1.165) is 0 Å². The van der Waals surface area contributed by atoms with Crippen molar-refractivity contribution in [3.63, 3.8) is 0 Å². The molecular formula is C18H14FNO4. The number of para-hydroxylation sites is 1. The van der Waals surface area contributed by atoms with Crippen molar-refractivity contribution in [2.75, 3.05) is 14.2 Å². The number of hydrogen-bond donors (Lipinski definition) is 0. The zero-order valence-electron chi connectivity index (χ0n) is 13.1. The highest BCUT2D eigenvalue weighted by Crippen LogP contribution is 2.33. The number of carbonyl (C=O) groups excluding carboxylic acids is 1. The molecule has 0 spiro atoms. The molecule has 0 amide bonds. The first-order valence-corrected chi connectivity index (χ1v) is 7.12. The normalized spacial score (nSPS) is 15.2. The minimum atomic E-state index is -0.584. The standard InChI is InChI=1S/C18H14FNO4/c1-22-15-5-3-4-12(16(15)23-2)10-14-18(21)24-17(20-14)11-6-8-13(19)9-7-11/h3-10H,1-2H3. The summed E-state index contributed by atoms with van der Waals surface area (Å²) in [7, 11) is 3.05.